The summed E-state index contributed by atoms with van der Waals surface area (Å²) < 4.78 is 39.5. The molecule has 0 spiro atoms. The number of imide groups is 1. The molecule has 0 atom stereocenters. The second kappa shape index (κ2) is 12.3. The first-order chi connectivity index (χ1) is 20.6. The maximum absolute atomic E-state index is 16.2. The Bertz CT molecular complexity index is 1790. The van der Waals surface area contributed by atoms with E-state index in [0.717, 1.165) is 82.5 Å². The van der Waals surface area contributed by atoms with Gasteiger partial charge in [-0.15, -0.1) is 0 Å². The summed E-state index contributed by atoms with van der Waals surface area (Å²) in [4.78, 5) is 47.2. The lowest BCUT2D eigenvalue weighted by Gasteiger charge is -2.23. The average molecular weight is 679 g/mol. The van der Waals surface area contributed by atoms with E-state index in [1.165, 1.54) is 0 Å². The van der Waals surface area contributed by atoms with Crippen LogP contribution in [0.25, 0.3) is 9.81 Å². The van der Waals surface area contributed by atoms with Gasteiger partial charge in [0.2, 0.25) is 12.3 Å². The highest BCUT2D eigenvalue weighted by atomic mass is 32.2. The molecular weight excluding hydrogens is 647 g/mol. The Morgan fingerprint density at radius 1 is 1.02 bits per heavy atom. The fraction of sp³-hybridized carbons (Fsp3) is 0.433. The van der Waals surface area contributed by atoms with Gasteiger partial charge in [0.05, 0.1) is 39.1 Å². The van der Waals surface area contributed by atoms with Crippen LogP contribution in [0.15, 0.2) is 39.2 Å². The summed E-state index contributed by atoms with van der Waals surface area (Å²) >= 11 is 4.42. The topological polar surface area (TPSA) is 114 Å². The van der Waals surface area contributed by atoms with Crippen LogP contribution in [0.3, 0.4) is 0 Å². The molecule has 14 heteroatoms. The standard InChI is InChI=1S/C30H32F2N4O4S4/c1-13(24(40-30(5,6)7)36-27(38)33-12-37)25-41-20-17(31)22-23(18(32)21(20)42-25)44-26(43-22)16-15(11-29(2,3)4)34-28(39)35-19(16)14-9-8-10-14/h12H,8-11H2,1-7H3,(H,35,39)(H,33,37,38)/b25-13?,26-16?,36-24+. The number of aromatic nitrogens is 2. The molecule has 0 unspecified atom stereocenters. The van der Waals surface area contributed by atoms with E-state index in [1.807, 2.05) is 5.32 Å². The molecule has 1 aromatic carbocycles. The van der Waals surface area contributed by atoms with Gasteiger partial charge in [-0.2, -0.15) is 9.98 Å². The molecule has 2 aromatic rings. The Hall–Kier alpha value is -2.55. The lowest BCUT2D eigenvalue weighted by Crippen LogP contribution is -2.43. The molecule has 0 radical (unpaired) electrons. The number of H-pyrrole nitrogens is 1. The Morgan fingerprint density at radius 2 is 1.59 bits per heavy atom. The van der Waals surface area contributed by atoms with Gasteiger partial charge < -0.3 is 9.72 Å². The first-order valence-corrected chi connectivity index (χ1v) is 17.2. The molecule has 0 saturated heterocycles. The Balaban J connectivity index is 1.61. The number of hydrogen-bond acceptors (Lipinski definition) is 9. The summed E-state index contributed by atoms with van der Waals surface area (Å²) in [7, 11) is 0. The third-order valence-electron chi connectivity index (χ3n) is 6.62. The van der Waals surface area contributed by atoms with E-state index in [4.69, 9.17) is 4.74 Å². The predicted molar refractivity (Wildman–Crippen MR) is 173 cm³/mol. The van der Waals surface area contributed by atoms with Crippen molar-refractivity contribution in [1.82, 2.24) is 15.3 Å². The first-order valence-electron chi connectivity index (χ1n) is 13.9. The van der Waals surface area contributed by atoms with Crippen molar-refractivity contribution < 1.29 is 23.1 Å². The van der Waals surface area contributed by atoms with Crippen molar-refractivity contribution in [2.24, 2.45) is 10.4 Å². The monoisotopic (exact) mass is 678 g/mol. The van der Waals surface area contributed by atoms with Crippen molar-refractivity contribution >= 4 is 75.2 Å². The average Bonchev–Trinajstić information content (AvgIpc) is 3.50. The summed E-state index contributed by atoms with van der Waals surface area (Å²) in [6, 6.07) is -0.918. The lowest BCUT2D eigenvalue weighted by molar-refractivity contribution is -0.108. The van der Waals surface area contributed by atoms with Crippen LogP contribution in [-0.4, -0.2) is 33.9 Å². The highest BCUT2D eigenvalue weighted by Gasteiger charge is 2.37. The van der Waals surface area contributed by atoms with Gasteiger partial charge >= 0.3 is 11.7 Å². The second-order valence-electron chi connectivity index (χ2n) is 12.7. The van der Waals surface area contributed by atoms with Crippen LogP contribution < -0.4 is 21.6 Å². The maximum Gasteiger partial charge on any atom is 0.350 e. The van der Waals surface area contributed by atoms with E-state index in [1.54, 1.807) is 27.7 Å². The van der Waals surface area contributed by atoms with Gasteiger partial charge in [-0.3, -0.25) is 10.1 Å². The van der Waals surface area contributed by atoms with Gasteiger partial charge in [0.15, 0.2) is 11.6 Å². The molecule has 8 nitrogen and oxygen atoms in total. The number of aliphatic imine (C=N–C) groups is 1. The van der Waals surface area contributed by atoms with Gasteiger partial charge in [-0.25, -0.2) is 18.4 Å². The van der Waals surface area contributed by atoms with E-state index in [0.29, 0.717) is 26.2 Å². The SMILES string of the molecule is CC(=C1Sc2c(F)c3c(c(F)c2S1)SC(=c1c(CC(C)(C)C)nc(=O)[nH]c1=C1CCC1)S3)/C(=N\C(=O)NC=O)OC(C)(C)C. The number of ether oxygens (including phenoxy) is 1. The van der Waals surface area contributed by atoms with E-state index < -0.39 is 29.0 Å². The number of aromatic amines is 1. The molecule has 44 heavy (non-hydrogen) atoms. The highest BCUT2D eigenvalue weighted by molar-refractivity contribution is 8.32. The van der Waals surface area contributed by atoms with E-state index >= 15 is 8.78 Å². The number of carbonyl (C=O) groups excluding carboxylic acids is 2. The van der Waals surface area contributed by atoms with Crippen LogP contribution in [0, 0.1) is 17.0 Å². The molecule has 3 amide bonds. The first kappa shape index (κ1) is 32.8. The Labute approximate surface area is 270 Å². The molecule has 5 rings (SSSR count). The molecule has 3 aliphatic rings. The number of hydrogen-bond donors (Lipinski definition) is 2. The second-order valence-corrected chi connectivity index (χ2v) is 17.3. The Morgan fingerprint density at radius 3 is 2.07 bits per heavy atom. The smallest absolute Gasteiger partial charge is 0.350 e. The summed E-state index contributed by atoms with van der Waals surface area (Å²) in [6.07, 6.45) is 3.49. The number of urea groups is 1. The van der Waals surface area contributed by atoms with Crippen LogP contribution in [0.5, 0.6) is 0 Å². The lowest BCUT2D eigenvalue weighted by atomic mass is 9.88. The normalized spacial score (nSPS) is 16.5. The van der Waals surface area contributed by atoms with Crippen LogP contribution >= 0.6 is 47.0 Å². The molecule has 0 bridgehead atoms. The van der Waals surface area contributed by atoms with Crippen LogP contribution in [0.4, 0.5) is 13.6 Å². The van der Waals surface area contributed by atoms with Crippen LogP contribution in [0.2, 0.25) is 0 Å². The number of rotatable bonds is 3. The molecule has 2 N–H and O–H groups in total. The number of fused-ring (bicyclic) bond motifs is 2. The molecule has 1 aliphatic carbocycles. The summed E-state index contributed by atoms with van der Waals surface area (Å²) in [5, 5.41) is 3.43. The van der Waals surface area contributed by atoms with Gasteiger partial charge in [-0.1, -0.05) is 67.8 Å². The Kier molecular flexibility index (Phi) is 9.20. The molecule has 2 aliphatic heterocycles. The molecule has 1 aromatic heterocycles. The van der Waals surface area contributed by atoms with Crippen molar-refractivity contribution in [3.05, 3.63) is 48.2 Å². The van der Waals surface area contributed by atoms with Crippen LogP contribution in [0.1, 0.15) is 73.4 Å². The summed E-state index contributed by atoms with van der Waals surface area (Å²) in [5.41, 5.74) is 0.827. The number of nitrogens with one attached hydrogen (secondary N) is 2. The minimum Gasteiger partial charge on any atom is -0.472 e. The van der Waals surface area contributed by atoms with Crippen molar-refractivity contribution in [3.8, 4) is 0 Å². The molecular formula is C30H32F2N4O4S4. The maximum atomic E-state index is 16.2. The predicted octanol–water partition coefficient (Wildman–Crippen LogP) is 6.44. The quantitative estimate of drug-likeness (QED) is 0.215. The van der Waals surface area contributed by atoms with Gasteiger partial charge in [0.1, 0.15) is 5.60 Å². The minimum atomic E-state index is -0.918. The van der Waals surface area contributed by atoms with Crippen molar-refractivity contribution in [2.75, 3.05) is 0 Å². The summed E-state index contributed by atoms with van der Waals surface area (Å²) in [6.45, 7) is 13.2. The zero-order valence-electron chi connectivity index (χ0n) is 25.3. The van der Waals surface area contributed by atoms with Crippen molar-refractivity contribution in [1.29, 1.82) is 0 Å². The molecule has 1 saturated carbocycles. The zero-order valence-corrected chi connectivity index (χ0v) is 28.6. The number of carbonyl (C=O) groups is 2. The van der Waals surface area contributed by atoms with Gasteiger partial charge in [0, 0.05) is 10.8 Å². The molecule has 1 fully saturated rings. The summed E-state index contributed by atoms with van der Waals surface area (Å²) in [5.74, 6) is -1.12. The van der Waals surface area contributed by atoms with E-state index in [9.17, 15) is 14.4 Å². The van der Waals surface area contributed by atoms with E-state index in [-0.39, 0.29) is 37.3 Å². The third kappa shape index (κ3) is 6.82. The zero-order chi connectivity index (χ0) is 32.1. The number of amides is 3. The molecule has 3 heterocycles. The number of benzene rings is 1. The highest BCUT2D eigenvalue weighted by Crippen LogP contribution is 2.62. The number of thioether (sulfide) groups is 4. The minimum absolute atomic E-state index is 0.0506. The number of nitrogens with zero attached hydrogens (tertiary/aromatic N) is 2. The van der Waals surface area contributed by atoms with Gasteiger partial charge in [-0.05, 0) is 64.4 Å². The largest absolute Gasteiger partial charge is 0.472 e. The van der Waals surface area contributed by atoms with Gasteiger partial charge in [0.25, 0.3) is 0 Å². The fourth-order valence-electron chi connectivity index (χ4n) is 4.61. The third-order valence-corrected chi connectivity index (χ3v) is 12.0. The molecule has 234 valence electrons. The van der Waals surface area contributed by atoms with Crippen molar-refractivity contribution in [2.45, 2.75) is 99.3 Å². The fourth-order valence-corrected chi connectivity index (χ4v) is 9.94. The van der Waals surface area contributed by atoms with Crippen LogP contribution in [-0.2, 0) is 16.0 Å². The van der Waals surface area contributed by atoms with E-state index in [2.05, 4.69) is 35.7 Å². The van der Waals surface area contributed by atoms with Crippen molar-refractivity contribution in [3.63, 3.8) is 0 Å². The number of halogens is 2.